The van der Waals surface area contributed by atoms with E-state index in [0.717, 1.165) is 25.7 Å². The lowest BCUT2D eigenvalue weighted by atomic mass is 10.0. The molecule has 0 bridgehead atoms. The summed E-state index contributed by atoms with van der Waals surface area (Å²) in [5, 5.41) is 33.6. The Labute approximate surface area is 363 Å². The second-order valence-corrected chi connectivity index (χ2v) is 18.5. The van der Waals surface area contributed by atoms with Crippen LogP contribution >= 0.6 is 0 Å². The summed E-state index contributed by atoms with van der Waals surface area (Å²) >= 11 is 0. The first-order valence-corrected chi connectivity index (χ1v) is 26.5. The highest BCUT2D eigenvalue weighted by atomic mass is 16.3. The molecule has 0 radical (unpaired) electrons. The van der Waals surface area contributed by atoms with Crippen molar-refractivity contribution in [1.29, 1.82) is 0 Å². The van der Waals surface area contributed by atoms with Crippen molar-refractivity contribution in [3.8, 4) is 0 Å². The zero-order valence-electron chi connectivity index (χ0n) is 39.5. The van der Waals surface area contributed by atoms with Crippen LogP contribution in [-0.2, 0) is 4.79 Å². The van der Waals surface area contributed by atoms with Gasteiger partial charge in [-0.3, -0.25) is 4.79 Å². The summed E-state index contributed by atoms with van der Waals surface area (Å²) in [7, 11) is 0. The second-order valence-electron chi connectivity index (χ2n) is 18.5. The van der Waals surface area contributed by atoms with Crippen LogP contribution in [0.1, 0.15) is 296 Å². The van der Waals surface area contributed by atoms with Crippen molar-refractivity contribution in [2.45, 2.75) is 315 Å². The normalized spacial score (nSPS) is 13.4. The molecule has 4 N–H and O–H groups in total. The van der Waals surface area contributed by atoms with Crippen LogP contribution < -0.4 is 5.32 Å². The number of amides is 1. The highest BCUT2D eigenvalue weighted by Gasteiger charge is 2.21. The van der Waals surface area contributed by atoms with Gasteiger partial charge in [-0.15, -0.1) is 0 Å². The summed E-state index contributed by atoms with van der Waals surface area (Å²) < 4.78 is 0. The Morgan fingerprint density at radius 1 is 0.414 bits per heavy atom. The second kappa shape index (κ2) is 48.8. The molecule has 0 aliphatic rings. The number of nitrogens with one attached hydrogen (secondary N) is 1. The number of rotatable bonds is 49. The first kappa shape index (κ1) is 57.1. The van der Waals surface area contributed by atoms with E-state index in [0.29, 0.717) is 12.8 Å². The van der Waals surface area contributed by atoms with Crippen molar-refractivity contribution >= 4 is 5.91 Å². The van der Waals surface area contributed by atoms with Crippen LogP contribution in [0.3, 0.4) is 0 Å². The van der Waals surface area contributed by atoms with Crippen LogP contribution in [0.2, 0.25) is 0 Å². The van der Waals surface area contributed by atoms with E-state index in [1.807, 2.05) is 0 Å². The van der Waals surface area contributed by atoms with Crippen LogP contribution in [-0.4, -0.2) is 46.1 Å². The SMILES string of the molecule is CCCCCCCCCCCCCC/C=C\CCCCCCCC(O)CC(=O)NC(CO)C(O)CCCCCCCCCCCCCCCCCCCCCCCC. The molecule has 0 aromatic carbocycles. The van der Waals surface area contributed by atoms with Crippen LogP contribution in [0.4, 0.5) is 0 Å². The molecule has 0 aliphatic carbocycles. The van der Waals surface area contributed by atoms with Crippen molar-refractivity contribution in [2.75, 3.05) is 6.61 Å². The minimum atomic E-state index is -0.750. The lowest BCUT2D eigenvalue weighted by molar-refractivity contribution is -0.125. The summed E-state index contributed by atoms with van der Waals surface area (Å²) in [5.74, 6) is -0.282. The summed E-state index contributed by atoms with van der Waals surface area (Å²) in [6.07, 6.45) is 59.2. The van der Waals surface area contributed by atoms with E-state index < -0.39 is 18.2 Å². The lowest BCUT2D eigenvalue weighted by Gasteiger charge is -2.23. The number of hydrogen-bond donors (Lipinski definition) is 4. The average Bonchev–Trinajstić information content (AvgIpc) is 3.22. The molecule has 0 saturated heterocycles. The molecule has 58 heavy (non-hydrogen) atoms. The highest BCUT2D eigenvalue weighted by molar-refractivity contribution is 5.76. The zero-order chi connectivity index (χ0) is 42.3. The van der Waals surface area contributed by atoms with Gasteiger partial charge in [0.2, 0.25) is 5.91 Å². The summed E-state index contributed by atoms with van der Waals surface area (Å²) in [5.41, 5.74) is 0. The van der Waals surface area contributed by atoms with Gasteiger partial charge in [0.1, 0.15) is 0 Å². The van der Waals surface area contributed by atoms with Gasteiger partial charge in [0, 0.05) is 0 Å². The molecule has 3 atom stereocenters. The number of allylic oxidation sites excluding steroid dienone is 2. The van der Waals surface area contributed by atoms with E-state index in [1.165, 1.54) is 238 Å². The van der Waals surface area contributed by atoms with Crippen molar-refractivity contribution in [3.63, 3.8) is 0 Å². The third-order valence-electron chi connectivity index (χ3n) is 12.6. The molecule has 0 fully saturated rings. The molecule has 1 amide bonds. The number of unbranched alkanes of at least 4 members (excludes halogenated alkanes) is 38. The molecule has 0 aromatic rings. The first-order valence-electron chi connectivity index (χ1n) is 26.5. The molecule has 0 aromatic heterocycles. The van der Waals surface area contributed by atoms with E-state index in [2.05, 4.69) is 31.3 Å². The number of carbonyl (C=O) groups is 1. The maximum absolute atomic E-state index is 12.5. The van der Waals surface area contributed by atoms with Crippen LogP contribution in [0.15, 0.2) is 12.2 Å². The number of aliphatic hydroxyl groups excluding tert-OH is 3. The molecule has 5 heteroatoms. The van der Waals surface area contributed by atoms with Crippen molar-refractivity contribution < 1.29 is 20.1 Å². The van der Waals surface area contributed by atoms with Crippen molar-refractivity contribution in [3.05, 3.63) is 12.2 Å². The molecule has 3 unspecified atom stereocenters. The summed E-state index contributed by atoms with van der Waals surface area (Å²) in [4.78, 5) is 12.5. The van der Waals surface area contributed by atoms with Gasteiger partial charge in [-0.1, -0.05) is 264 Å². The van der Waals surface area contributed by atoms with Crippen molar-refractivity contribution in [2.24, 2.45) is 0 Å². The quantitative estimate of drug-likeness (QED) is 0.0364. The summed E-state index contributed by atoms with van der Waals surface area (Å²) in [6, 6.07) is -0.659. The van der Waals surface area contributed by atoms with E-state index in [4.69, 9.17) is 0 Å². The average molecular weight is 820 g/mol. The molecule has 5 nitrogen and oxygen atoms in total. The molecule has 0 spiro atoms. The van der Waals surface area contributed by atoms with Crippen LogP contribution in [0.25, 0.3) is 0 Å². The van der Waals surface area contributed by atoms with Gasteiger partial charge in [-0.2, -0.15) is 0 Å². The van der Waals surface area contributed by atoms with E-state index in [1.54, 1.807) is 0 Å². The fraction of sp³-hybridized carbons (Fsp3) is 0.943. The monoisotopic (exact) mass is 820 g/mol. The van der Waals surface area contributed by atoms with Gasteiger partial charge in [-0.25, -0.2) is 0 Å². The van der Waals surface area contributed by atoms with Crippen LogP contribution in [0, 0.1) is 0 Å². The lowest BCUT2D eigenvalue weighted by Crippen LogP contribution is -2.46. The van der Waals surface area contributed by atoms with Crippen LogP contribution in [0.5, 0.6) is 0 Å². The Morgan fingerprint density at radius 3 is 1.00 bits per heavy atom. The zero-order valence-corrected chi connectivity index (χ0v) is 39.5. The maximum Gasteiger partial charge on any atom is 0.222 e. The standard InChI is InChI=1S/C53H105NO4/c1-3-5-7-9-11-13-15-17-19-21-23-25-27-29-31-33-35-37-39-41-43-45-47-52(57)51(49-55)54-53(58)48-50(56)46-44-42-40-38-36-34-32-30-28-26-24-22-20-18-16-14-12-10-8-6-4-2/h30,32,50-52,55-57H,3-29,31,33-49H2,1-2H3,(H,54,58)/b32-30-. The highest BCUT2D eigenvalue weighted by Crippen LogP contribution is 2.17. The minimum absolute atomic E-state index is 0.0343. The molecular formula is C53H105NO4. The number of hydrogen-bond acceptors (Lipinski definition) is 4. The van der Waals surface area contributed by atoms with Crippen molar-refractivity contribution in [1.82, 2.24) is 5.32 Å². The Balaban J connectivity index is 3.55. The third-order valence-corrected chi connectivity index (χ3v) is 12.6. The molecule has 346 valence electrons. The summed E-state index contributed by atoms with van der Waals surface area (Å²) in [6.45, 7) is 4.30. The molecular weight excluding hydrogens is 715 g/mol. The maximum atomic E-state index is 12.5. The fourth-order valence-electron chi connectivity index (χ4n) is 8.52. The van der Waals surface area contributed by atoms with Gasteiger partial charge in [0.15, 0.2) is 0 Å². The smallest absolute Gasteiger partial charge is 0.222 e. The third kappa shape index (κ3) is 44.6. The Bertz CT molecular complexity index is 818. The van der Waals surface area contributed by atoms with Gasteiger partial charge in [0.05, 0.1) is 31.3 Å². The van der Waals surface area contributed by atoms with Gasteiger partial charge < -0.3 is 20.6 Å². The minimum Gasteiger partial charge on any atom is -0.394 e. The number of carbonyl (C=O) groups excluding carboxylic acids is 1. The Hall–Kier alpha value is -0.910. The number of aliphatic hydroxyl groups is 3. The fourth-order valence-corrected chi connectivity index (χ4v) is 8.52. The Kier molecular flexibility index (Phi) is 48.0. The van der Waals surface area contributed by atoms with E-state index >= 15 is 0 Å². The predicted octanol–water partition coefficient (Wildman–Crippen LogP) is 15.9. The topological polar surface area (TPSA) is 89.8 Å². The molecule has 0 rings (SSSR count). The predicted molar refractivity (Wildman–Crippen MR) is 255 cm³/mol. The van der Waals surface area contributed by atoms with Gasteiger partial charge >= 0.3 is 0 Å². The Morgan fingerprint density at radius 2 is 0.690 bits per heavy atom. The molecule has 0 heterocycles. The first-order chi connectivity index (χ1) is 28.5. The van der Waals surface area contributed by atoms with E-state index in [9.17, 15) is 20.1 Å². The molecule has 0 aliphatic heterocycles. The largest absolute Gasteiger partial charge is 0.394 e. The van der Waals surface area contributed by atoms with Gasteiger partial charge in [-0.05, 0) is 38.5 Å². The molecule has 0 saturated carbocycles. The van der Waals surface area contributed by atoms with E-state index in [-0.39, 0.29) is 18.9 Å². The van der Waals surface area contributed by atoms with Gasteiger partial charge in [0.25, 0.3) is 0 Å².